The fraction of sp³-hybridized carbons (Fsp3) is 0.857. The van der Waals surface area contributed by atoms with Crippen LogP contribution in [0, 0.1) is 0 Å². The van der Waals surface area contributed by atoms with Gasteiger partial charge in [-0.3, -0.25) is 9.59 Å². The van der Waals surface area contributed by atoms with Gasteiger partial charge in [0.25, 0.3) is 0 Å². The van der Waals surface area contributed by atoms with Crippen molar-refractivity contribution in [2.75, 3.05) is 19.8 Å². The zero-order chi connectivity index (χ0) is 14.3. The Balaban J connectivity index is 2.63. The zero-order valence-electron chi connectivity index (χ0n) is 12.3. The molecule has 0 aromatic carbocycles. The van der Waals surface area contributed by atoms with Crippen LogP contribution in [-0.4, -0.2) is 48.6 Å². The molecule has 0 saturated carbocycles. The van der Waals surface area contributed by atoms with Crippen molar-refractivity contribution >= 4 is 11.8 Å². The summed E-state index contributed by atoms with van der Waals surface area (Å²) in [6, 6.07) is -0.423. The van der Waals surface area contributed by atoms with Crippen molar-refractivity contribution in [3.63, 3.8) is 0 Å². The van der Waals surface area contributed by atoms with Gasteiger partial charge in [0.1, 0.15) is 6.04 Å². The number of carbonyl (C=O) groups is 2. The van der Waals surface area contributed by atoms with E-state index < -0.39 is 0 Å². The standard InChI is InChI=1S/C14H26N2O3/c1-4-6-12-14(18)16(7-9-19-8-5-2)11(3)10-13(17)15-12/h11-12H,4-10H2,1-3H3,(H,15,17). The van der Waals surface area contributed by atoms with Crippen LogP contribution in [0.5, 0.6) is 0 Å². The molecule has 0 radical (unpaired) electrons. The van der Waals surface area contributed by atoms with Gasteiger partial charge < -0.3 is 15.0 Å². The van der Waals surface area contributed by atoms with Crippen LogP contribution < -0.4 is 5.32 Å². The molecule has 0 spiro atoms. The minimum absolute atomic E-state index is 0.0281. The van der Waals surface area contributed by atoms with Crippen molar-refractivity contribution in [3.05, 3.63) is 0 Å². The van der Waals surface area contributed by atoms with E-state index in [0.717, 1.165) is 12.8 Å². The molecule has 1 heterocycles. The summed E-state index contributed by atoms with van der Waals surface area (Å²) in [5.41, 5.74) is 0. The van der Waals surface area contributed by atoms with Crippen molar-refractivity contribution in [1.82, 2.24) is 10.2 Å². The average molecular weight is 270 g/mol. The third-order valence-corrected chi connectivity index (χ3v) is 3.33. The van der Waals surface area contributed by atoms with E-state index in [1.54, 1.807) is 4.90 Å². The number of hydrogen-bond donors (Lipinski definition) is 1. The molecule has 110 valence electrons. The summed E-state index contributed by atoms with van der Waals surface area (Å²) in [6.07, 6.45) is 2.93. The third-order valence-electron chi connectivity index (χ3n) is 3.33. The van der Waals surface area contributed by atoms with E-state index in [1.807, 2.05) is 13.8 Å². The number of nitrogens with one attached hydrogen (secondary N) is 1. The minimum Gasteiger partial charge on any atom is -0.380 e. The number of amides is 2. The molecule has 0 aliphatic carbocycles. The summed E-state index contributed by atoms with van der Waals surface area (Å²) >= 11 is 0. The second-order valence-electron chi connectivity index (χ2n) is 5.11. The van der Waals surface area contributed by atoms with Crippen LogP contribution in [0.2, 0.25) is 0 Å². The van der Waals surface area contributed by atoms with Gasteiger partial charge in [0.05, 0.1) is 6.61 Å². The monoisotopic (exact) mass is 270 g/mol. The summed E-state index contributed by atoms with van der Waals surface area (Å²) in [7, 11) is 0. The highest BCUT2D eigenvalue weighted by Gasteiger charge is 2.32. The van der Waals surface area contributed by atoms with Gasteiger partial charge in [0.2, 0.25) is 11.8 Å². The van der Waals surface area contributed by atoms with E-state index in [-0.39, 0.29) is 23.9 Å². The van der Waals surface area contributed by atoms with E-state index in [1.165, 1.54) is 0 Å². The largest absolute Gasteiger partial charge is 0.380 e. The van der Waals surface area contributed by atoms with E-state index in [2.05, 4.69) is 12.2 Å². The Bertz CT molecular complexity index is 307. The Morgan fingerprint density at radius 3 is 2.63 bits per heavy atom. The van der Waals surface area contributed by atoms with Gasteiger partial charge in [0, 0.05) is 25.6 Å². The van der Waals surface area contributed by atoms with Gasteiger partial charge >= 0.3 is 0 Å². The van der Waals surface area contributed by atoms with E-state index in [0.29, 0.717) is 32.6 Å². The summed E-state index contributed by atoms with van der Waals surface area (Å²) in [4.78, 5) is 25.9. The molecule has 1 fully saturated rings. The van der Waals surface area contributed by atoms with Crippen molar-refractivity contribution in [3.8, 4) is 0 Å². The third kappa shape index (κ3) is 4.82. The molecule has 0 aromatic heterocycles. The molecular weight excluding hydrogens is 244 g/mol. The highest BCUT2D eigenvalue weighted by atomic mass is 16.5. The van der Waals surface area contributed by atoms with Crippen molar-refractivity contribution in [1.29, 1.82) is 0 Å². The Morgan fingerprint density at radius 2 is 2.00 bits per heavy atom. The van der Waals surface area contributed by atoms with Gasteiger partial charge in [0.15, 0.2) is 0 Å². The average Bonchev–Trinajstić information content (AvgIpc) is 2.45. The first-order valence-electron chi connectivity index (χ1n) is 7.27. The maximum absolute atomic E-state index is 12.4. The first kappa shape index (κ1) is 16.0. The van der Waals surface area contributed by atoms with Crippen LogP contribution in [0.15, 0.2) is 0 Å². The maximum Gasteiger partial charge on any atom is 0.245 e. The van der Waals surface area contributed by atoms with Gasteiger partial charge in [-0.2, -0.15) is 0 Å². The van der Waals surface area contributed by atoms with E-state index >= 15 is 0 Å². The van der Waals surface area contributed by atoms with Gasteiger partial charge in [-0.25, -0.2) is 0 Å². The fourth-order valence-corrected chi connectivity index (χ4v) is 2.34. The lowest BCUT2D eigenvalue weighted by molar-refractivity contribution is -0.135. The predicted octanol–water partition coefficient (Wildman–Crippen LogP) is 1.32. The number of hydrogen-bond acceptors (Lipinski definition) is 3. The molecule has 2 unspecified atom stereocenters. The van der Waals surface area contributed by atoms with Gasteiger partial charge in [-0.15, -0.1) is 0 Å². The number of rotatable bonds is 7. The van der Waals surface area contributed by atoms with Crippen LogP contribution in [0.3, 0.4) is 0 Å². The molecule has 0 aromatic rings. The second-order valence-corrected chi connectivity index (χ2v) is 5.11. The van der Waals surface area contributed by atoms with Crippen LogP contribution in [0.4, 0.5) is 0 Å². The van der Waals surface area contributed by atoms with E-state index in [9.17, 15) is 9.59 Å². The molecular formula is C14H26N2O3. The Hall–Kier alpha value is -1.10. The molecule has 2 atom stereocenters. The van der Waals surface area contributed by atoms with Gasteiger partial charge in [-0.05, 0) is 19.8 Å². The number of ether oxygens (including phenoxy) is 1. The molecule has 1 aliphatic heterocycles. The number of carbonyl (C=O) groups excluding carboxylic acids is 2. The molecule has 2 amide bonds. The molecule has 1 N–H and O–H groups in total. The van der Waals surface area contributed by atoms with Crippen molar-refractivity contribution in [2.45, 2.75) is 58.5 Å². The highest BCUT2D eigenvalue weighted by Crippen LogP contribution is 2.13. The first-order chi connectivity index (χ1) is 9.10. The molecule has 0 bridgehead atoms. The predicted molar refractivity (Wildman–Crippen MR) is 73.7 cm³/mol. The van der Waals surface area contributed by atoms with Crippen molar-refractivity contribution in [2.24, 2.45) is 0 Å². The molecule has 1 saturated heterocycles. The van der Waals surface area contributed by atoms with E-state index in [4.69, 9.17) is 4.74 Å². The lowest BCUT2D eigenvalue weighted by Gasteiger charge is -2.28. The Labute approximate surface area is 115 Å². The normalized spacial score (nSPS) is 24.3. The molecule has 1 rings (SSSR count). The summed E-state index contributed by atoms with van der Waals surface area (Å²) in [6.45, 7) is 7.81. The minimum atomic E-state index is -0.367. The highest BCUT2D eigenvalue weighted by molar-refractivity contribution is 5.90. The lowest BCUT2D eigenvalue weighted by atomic mass is 10.1. The Kier molecular flexibility index (Phi) is 6.84. The summed E-state index contributed by atoms with van der Waals surface area (Å²) in [5.74, 6) is -0.00317. The second kappa shape index (κ2) is 8.15. The summed E-state index contributed by atoms with van der Waals surface area (Å²) < 4.78 is 5.45. The fourth-order valence-electron chi connectivity index (χ4n) is 2.34. The lowest BCUT2D eigenvalue weighted by Crippen LogP contribution is -2.47. The van der Waals surface area contributed by atoms with Crippen LogP contribution in [0.1, 0.15) is 46.5 Å². The summed E-state index contributed by atoms with van der Waals surface area (Å²) in [5, 5.41) is 2.82. The quantitative estimate of drug-likeness (QED) is 0.710. The number of nitrogens with zero attached hydrogens (tertiary/aromatic N) is 1. The Morgan fingerprint density at radius 1 is 1.26 bits per heavy atom. The smallest absolute Gasteiger partial charge is 0.245 e. The van der Waals surface area contributed by atoms with Gasteiger partial charge in [-0.1, -0.05) is 20.3 Å². The van der Waals surface area contributed by atoms with Crippen molar-refractivity contribution < 1.29 is 14.3 Å². The first-order valence-corrected chi connectivity index (χ1v) is 7.27. The topological polar surface area (TPSA) is 58.6 Å². The van der Waals surface area contributed by atoms with Crippen LogP contribution in [-0.2, 0) is 14.3 Å². The van der Waals surface area contributed by atoms with Crippen LogP contribution in [0.25, 0.3) is 0 Å². The molecule has 5 nitrogen and oxygen atoms in total. The molecule has 1 aliphatic rings. The zero-order valence-corrected chi connectivity index (χ0v) is 12.3. The SMILES string of the molecule is CCCOCCN1C(=O)C(CCC)NC(=O)CC1C. The molecule has 19 heavy (non-hydrogen) atoms. The van der Waals surface area contributed by atoms with Crippen LogP contribution >= 0.6 is 0 Å². The molecule has 5 heteroatoms. The maximum atomic E-state index is 12.4.